The highest BCUT2D eigenvalue weighted by molar-refractivity contribution is 8.26. The van der Waals surface area contributed by atoms with Crippen molar-refractivity contribution < 1.29 is 18.6 Å². The van der Waals surface area contributed by atoms with Gasteiger partial charge in [-0.2, -0.15) is 0 Å². The number of nitrogens with zero attached hydrogens (tertiary/aromatic N) is 3. The van der Waals surface area contributed by atoms with Gasteiger partial charge in [0.05, 0.1) is 10.6 Å². The molecule has 2 aromatic carbocycles. The smallest absolute Gasteiger partial charge is 0.266 e. The molecule has 1 N–H and O–H groups in total. The van der Waals surface area contributed by atoms with Crippen molar-refractivity contribution in [1.82, 2.24) is 15.2 Å². The monoisotopic (exact) mass is 428 g/mol. The van der Waals surface area contributed by atoms with Crippen LogP contribution in [0.1, 0.15) is 12.5 Å². The van der Waals surface area contributed by atoms with Crippen molar-refractivity contribution >= 4 is 62.9 Å². The Bertz CT molecular complexity index is 1180. The average Bonchev–Trinajstić information content (AvgIpc) is 3.28. The zero-order valence-electron chi connectivity index (χ0n) is 15.0. The molecular formula is C19H13FN4O3S2. The molecule has 1 fully saturated rings. The summed E-state index contributed by atoms with van der Waals surface area (Å²) in [5, 5.41) is 10.2. The lowest BCUT2D eigenvalue weighted by Crippen LogP contribution is -2.44. The van der Waals surface area contributed by atoms with E-state index in [1.165, 1.54) is 17.0 Å². The Kier molecular flexibility index (Phi) is 5.12. The maximum atomic E-state index is 13.9. The molecule has 0 bridgehead atoms. The number of anilines is 1. The number of thioether (sulfide) groups is 1. The van der Waals surface area contributed by atoms with Crippen molar-refractivity contribution in [3.63, 3.8) is 0 Å². The number of fused-ring (bicyclic) bond motifs is 1. The number of halogens is 1. The second kappa shape index (κ2) is 7.72. The summed E-state index contributed by atoms with van der Waals surface area (Å²) in [5.41, 5.74) is 1.58. The molecule has 146 valence electrons. The zero-order chi connectivity index (χ0) is 20.5. The number of hydrogen-bond donors (Lipinski definition) is 1. The van der Waals surface area contributed by atoms with Gasteiger partial charge in [-0.1, -0.05) is 48.2 Å². The lowest BCUT2D eigenvalue weighted by molar-refractivity contribution is -0.129. The minimum atomic E-state index is -0.885. The van der Waals surface area contributed by atoms with Crippen LogP contribution >= 0.6 is 24.0 Å². The summed E-state index contributed by atoms with van der Waals surface area (Å²) in [4.78, 5) is 27.0. The molecule has 1 atom stereocenters. The average molecular weight is 428 g/mol. The van der Waals surface area contributed by atoms with Crippen molar-refractivity contribution in [2.45, 2.75) is 13.0 Å². The lowest BCUT2D eigenvalue weighted by atomic mass is 10.2. The van der Waals surface area contributed by atoms with E-state index in [2.05, 4.69) is 20.3 Å². The first-order valence-corrected chi connectivity index (χ1v) is 9.72. The summed E-state index contributed by atoms with van der Waals surface area (Å²) in [6.45, 7) is 1.56. The third-order valence-electron chi connectivity index (χ3n) is 4.33. The predicted octanol–water partition coefficient (Wildman–Crippen LogP) is 3.59. The van der Waals surface area contributed by atoms with Gasteiger partial charge < -0.3 is 5.32 Å². The van der Waals surface area contributed by atoms with Crippen LogP contribution in [0.2, 0.25) is 0 Å². The number of benzene rings is 2. The number of nitrogens with one attached hydrogen (secondary N) is 1. The van der Waals surface area contributed by atoms with E-state index in [0.29, 0.717) is 16.7 Å². The van der Waals surface area contributed by atoms with Crippen molar-refractivity contribution in [2.75, 3.05) is 5.32 Å². The number of carbonyl (C=O) groups excluding carboxylic acids is 2. The highest BCUT2D eigenvalue weighted by atomic mass is 32.2. The Morgan fingerprint density at radius 2 is 2.07 bits per heavy atom. The lowest BCUT2D eigenvalue weighted by Gasteiger charge is -2.22. The van der Waals surface area contributed by atoms with Gasteiger partial charge in [0.1, 0.15) is 21.7 Å². The van der Waals surface area contributed by atoms with E-state index in [4.69, 9.17) is 12.2 Å². The molecule has 4 rings (SSSR count). The Hall–Kier alpha value is -3.11. The predicted molar refractivity (Wildman–Crippen MR) is 111 cm³/mol. The van der Waals surface area contributed by atoms with Gasteiger partial charge in [-0.05, 0) is 41.5 Å². The van der Waals surface area contributed by atoms with Gasteiger partial charge in [-0.3, -0.25) is 14.5 Å². The van der Waals surface area contributed by atoms with Crippen molar-refractivity contribution in [1.29, 1.82) is 0 Å². The summed E-state index contributed by atoms with van der Waals surface area (Å²) < 4.78 is 18.8. The minimum absolute atomic E-state index is 0.224. The van der Waals surface area contributed by atoms with Crippen LogP contribution in [0.15, 0.2) is 52.0 Å². The van der Waals surface area contributed by atoms with E-state index in [0.717, 1.165) is 11.8 Å². The summed E-state index contributed by atoms with van der Waals surface area (Å²) in [6.07, 6.45) is 1.43. The minimum Gasteiger partial charge on any atom is -0.322 e. The van der Waals surface area contributed by atoms with Gasteiger partial charge in [0, 0.05) is 5.56 Å². The zero-order valence-corrected chi connectivity index (χ0v) is 16.6. The second-order valence-electron chi connectivity index (χ2n) is 6.18. The molecule has 1 saturated heterocycles. The van der Waals surface area contributed by atoms with Crippen LogP contribution in [0.25, 0.3) is 17.1 Å². The number of hydrogen-bond acceptors (Lipinski definition) is 7. The molecule has 7 nitrogen and oxygen atoms in total. The number of aromatic nitrogens is 2. The van der Waals surface area contributed by atoms with Gasteiger partial charge in [-0.25, -0.2) is 9.02 Å². The molecule has 0 radical (unpaired) electrons. The first-order chi connectivity index (χ1) is 14.0. The van der Waals surface area contributed by atoms with Crippen LogP contribution in [0.3, 0.4) is 0 Å². The van der Waals surface area contributed by atoms with Crippen molar-refractivity contribution in [3.8, 4) is 0 Å². The van der Waals surface area contributed by atoms with Crippen LogP contribution < -0.4 is 5.32 Å². The van der Waals surface area contributed by atoms with Crippen LogP contribution in [0, 0.1) is 5.82 Å². The molecule has 0 aliphatic carbocycles. The number of thiocarbonyl (C=S) groups is 1. The summed E-state index contributed by atoms with van der Waals surface area (Å²) in [6, 6.07) is 10.3. The maximum Gasteiger partial charge on any atom is 0.266 e. The van der Waals surface area contributed by atoms with Gasteiger partial charge in [0.2, 0.25) is 5.91 Å². The SMILES string of the molecule is CC(C(=O)Nc1cccc2nonc12)N1C(=O)C(=Cc2ccccc2F)SC1=S. The van der Waals surface area contributed by atoms with E-state index in [-0.39, 0.29) is 14.8 Å². The highest BCUT2D eigenvalue weighted by Crippen LogP contribution is 2.34. The normalized spacial score (nSPS) is 16.6. The fourth-order valence-corrected chi connectivity index (χ4v) is 4.22. The summed E-state index contributed by atoms with van der Waals surface area (Å²) in [7, 11) is 0. The third kappa shape index (κ3) is 3.64. The van der Waals surface area contributed by atoms with Gasteiger partial charge in [-0.15, -0.1) is 0 Å². The Labute approximate surface area is 173 Å². The van der Waals surface area contributed by atoms with E-state index >= 15 is 0 Å². The highest BCUT2D eigenvalue weighted by Gasteiger charge is 2.38. The van der Waals surface area contributed by atoms with Crippen molar-refractivity contribution in [2.24, 2.45) is 0 Å². The first-order valence-electron chi connectivity index (χ1n) is 8.49. The third-order valence-corrected chi connectivity index (χ3v) is 5.66. The molecule has 1 unspecified atom stereocenters. The summed E-state index contributed by atoms with van der Waals surface area (Å²) >= 11 is 6.31. The Morgan fingerprint density at radius 3 is 2.86 bits per heavy atom. The van der Waals surface area contributed by atoms with E-state index in [1.807, 2.05) is 0 Å². The molecule has 3 aromatic rings. The van der Waals surface area contributed by atoms with Crippen LogP contribution in [0.5, 0.6) is 0 Å². The maximum absolute atomic E-state index is 13.9. The summed E-state index contributed by atoms with van der Waals surface area (Å²) in [5.74, 6) is -1.35. The largest absolute Gasteiger partial charge is 0.322 e. The molecule has 2 heterocycles. The van der Waals surface area contributed by atoms with Crippen LogP contribution in [0.4, 0.5) is 10.1 Å². The second-order valence-corrected chi connectivity index (χ2v) is 7.85. The van der Waals surface area contributed by atoms with E-state index < -0.39 is 23.7 Å². The molecule has 10 heteroatoms. The van der Waals surface area contributed by atoms with Gasteiger partial charge in [0.25, 0.3) is 5.91 Å². The molecule has 1 aliphatic rings. The Morgan fingerprint density at radius 1 is 1.28 bits per heavy atom. The van der Waals surface area contributed by atoms with Gasteiger partial charge >= 0.3 is 0 Å². The fraction of sp³-hybridized carbons (Fsp3) is 0.105. The number of rotatable bonds is 4. The molecule has 0 saturated carbocycles. The Balaban J connectivity index is 1.55. The molecule has 2 amide bonds. The van der Waals surface area contributed by atoms with E-state index in [1.54, 1.807) is 43.3 Å². The quantitative estimate of drug-likeness (QED) is 0.502. The standard InChI is InChI=1S/C19H13FN4O3S2/c1-10(17(25)21-13-7-4-8-14-16(13)23-27-22-14)24-18(26)15(29-19(24)28)9-11-5-2-3-6-12(11)20/h2-10H,1H3,(H,21,25). The fourth-order valence-electron chi connectivity index (χ4n) is 2.81. The molecule has 1 aliphatic heterocycles. The van der Waals surface area contributed by atoms with E-state index in [9.17, 15) is 14.0 Å². The molecular weight excluding hydrogens is 415 g/mol. The number of carbonyl (C=O) groups is 2. The number of amides is 2. The first kappa shape index (κ1) is 19.2. The molecule has 0 spiro atoms. The molecule has 1 aromatic heterocycles. The van der Waals surface area contributed by atoms with Crippen LogP contribution in [-0.2, 0) is 9.59 Å². The topological polar surface area (TPSA) is 88.3 Å². The van der Waals surface area contributed by atoms with Crippen molar-refractivity contribution in [3.05, 3.63) is 58.8 Å². The van der Waals surface area contributed by atoms with Crippen LogP contribution in [-0.4, -0.2) is 37.4 Å². The van der Waals surface area contributed by atoms with Gasteiger partial charge in [0.15, 0.2) is 5.52 Å². The molecule has 29 heavy (non-hydrogen) atoms.